The lowest BCUT2D eigenvalue weighted by Gasteiger charge is -2.44. The van der Waals surface area contributed by atoms with Crippen LogP contribution in [0.4, 0.5) is 11.4 Å². The van der Waals surface area contributed by atoms with Crippen molar-refractivity contribution in [3.8, 4) is 5.75 Å². The van der Waals surface area contributed by atoms with Gasteiger partial charge in [-0.15, -0.1) is 6.58 Å². The summed E-state index contributed by atoms with van der Waals surface area (Å²) in [5, 5.41) is 0. The van der Waals surface area contributed by atoms with Gasteiger partial charge in [0.2, 0.25) is 0 Å². The molecule has 0 unspecified atom stereocenters. The largest absolute Gasteiger partial charge is 0.496 e. The molecular formula is C26H22N2O4. The van der Waals surface area contributed by atoms with Crippen LogP contribution in [0.25, 0.3) is 0 Å². The zero-order chi connectivity index (χ0) is 22.3. The minimum absolute atomic E-state index is 0.202. The Kier molecular flexibility index (Phi) is 4.79. The van der Waals surface area contributed by atoms with Crippen molar-refractivity contribution in [2.24, 2.45) is 0 Å². The summed E-state index contributed by atoms with van der Waals surface area (Å²) in [7, 11) is 1.52. The van der Waals surface area contributed by atoms with Gasteiger partial charge in [0, 0.05) is 17.7 Å². The molecule has 160 valence electrons. The highest BCUT2D eigenvalue weighted by Gasteiger charge is 2.60. The second-order valence-electron chi connectivity index (χ2n) is 7.62. The first-order chi connectivity index (χ1) is 15.6. The standard InChI is InChI=1S/C26H22N2O4/c1-3-16-27-22-14-8-6-12-20(22)26(25(27)30)28(21-13-7-4-10-18(21)17-32-26)24(29)19-11-5-9-15-23(19)31-2/h3-15H,1,16-17H2,2H3/t26-/m0/s1. The van der Waals surface area contributed by atoms with Crippen LogP contribution in [0.5, 0.6) is 5.75 Å². The summed E-state index contributed by atoms with van der Waals surface area (Å²) in [5.41, 5.74) is 1.53. The van der Waals surface area contributed by atoms with E-state index in [1.807, 2.05) is 48.5 Å². The lowest BCUT2D eigenvalue weighted by atomic mass is 9.96. The van der Waals surface area contributed by atoms with Crippen LogP contribution < -0.4 is 14.5 Å². The molecule has 3 aromatic carbocycles. The van der Waals surface area contributed by atoms with Gasteiger partial charge in [0.1, 0.15) is 5.75 Å². The zero-order valence-corrected chi connectivity index (χ0v) is 17.7. The quantitative estimate of drug-likeness (QED) is 0.585. The molecule has 1 atom stereocenters. The van der Waals surface area contributed by atoms with E-state index >= 15 is 0 Å². The number of hydrogen-bond acceptors (Lipinski definition) is 4. The Morgan fingerprint density at radius 3 is 2.53 bits per heavy atom. The molecule has 5 rings (SSSR count). The number of amides is 2. The highest BCUT2D eigenvalue weighted by atomic mass is 16.5. The number of rotatable bonds is 4. The monoisotopic (exact) mass is 426 g/mol. The van der Waals surface area contributed by atoms with Gasteiger partial charge < -0.3 is 14.4 Å². The molecule has 3 aromatic rings. The summed E-state index contributed by atoms with van der Waals surface area (Å²) >= 11 is 0. The number of fused-ring (bicyclic) bond motifs is 3. The average Bonchev–Trinajstić information content (AvgIpc) is 3.07. The van der Waals surface area contributed by atoms with Crippen molar-refractivity contribution in [1.29, 1.82) is 0 Å². The van der Waals surface area contributed by atoms with Gasteiger partial charge in [0.25, 0.3) is 17.5 Å². The Labute approximate surface area is 186 Å². The minimum atomic E-state index is -1.62. The second-order valence-corrected chi connectivity index (χ2v) is 7.62. The van der Waals surface area contributed by atoms with Gasteiger partial charge in [-0.05, 0) is 24.3 Å². The third-order valence-corrected chi connectivity index (χ3v) is 5.93. The lowest BCUT2D eigenvalue weighted by molar-refractivity contribution is -0.146. The Bertz CT molecular complexity index is 1240. The number of benzene rings is 3. The number of methoxy groups -OCH3 is 1. The van der Waals surface area contributed by atoms with Crippen LogP contribution in [-0.2, 0) is 21.9 Å². The maximum absolute atomic E-state index is 14.1. The van der Waals surface area contributed by atoms with Gasteiger partial charge >= 0.3 is 0 Å². The number of anilines is 2. The Morgan fingerprint density at radius 2 is 1.75 bits per heavy atom. The van der Waals surface area contributed by atoms with Gasteiger partial charge in [0.15, 0.2) is 0 Å². The first-order valence-electron chi connectivity index (χ1n) is 10.3. The van der Waals surface area contributed by atoms with E-state index in [0.29, 0.717) is 34.8 Å². The zero-order valence-electron chi connectivity index (χ0n) is 17.7. The van der Waals surface area contributed by atoms with Crippen molar-refractivity contribution in [1.82, 2.24) is 0 Å². The van der Waals surface area contributed by atoms with Gasteiger partial charge in [-0.3, -0.25) is 14.5 Å². The molecule has 0 bridgehead atoms. The first kappa shape index (κ1) is 20.0. The Morgan fingerprint density at radius 1 is 1.06 bits per heavy atom. The highest BCUT2D eigenvalue weighted by Crippen LogP contribution is 2.51. The fraction of sp³-hybridized carbons (Fsp3) is 0.154. The fourth-order valence-corrected chi connectivity index (χ4v) is 4.53. The van der Waals surface area contributed by atoms with Crippen molar-refractivity contribution in [2.45, 2.75) is 12.3 Å². The fourth-order valence-electron chi connectivity index (χ4n) is 4.53. The predicted molar refractivity (Wildman–Crippen MR) is 122 cm³/mol. The molecule has 0 saturated carbocycles. The number of carbonyl (C=O) groups is 2. The van der Waals surface area contributed by atoms with Crippen LogP contribution >= 0.6 is 0 Å². The molecule has 6 nitrogen and oxygen atoms in total. The van der Waals surface area contributed by atoms with E-state index in [0.717, 1.165) is 5.56 Å². The van der Waals surface area contributed by atoms with Gasteiger partial charge in [0.05, 0.1) is 30.7 Å². The van der Waals surface area contributed by atoms with Crippen LogP contribution in [0.15, 0.2) is 85.5 Å². The Hall–Kier alpha value is -3.90. The van der Waals surface area contributed by atoms with Crippen LogP contribution in [0.1, 0.15) is 21.5 Å². The SMILES string of the molecule is C=CCN1C(=O)[C@@]2(OCc3ccccc3N2C(=O)c2ccccc2OC)c2ccccc21. The van der Waals surface area contributed by atoms with E-state index in [4.69, 9.17) is 9.47 Å². The average molecular weight is 426 g/mol. The highest BCUT2D eigenvalue weighted by molar-refractivity contribution is 6.18. The third-order valence-electron chi connectivity index (χ3n) is 5.93. The summed E-state index contributed by atoms with van der Waals surface area (Å²) < 4.78 is 11.8. The van der Waals surface area contributed by atoms with Gasteiger partial charge in [-0.2, -0.15) is 0 Å². The molecule has 0 aromatic heterocycles. The molecule has 0 fully saturated rings. The molecule has 2 heterocycles. The van der Waals surface area contributed by atoms with Crippen molar-refractivity contribution in [2.75, 3.05) is 23.5 Å². The van der Waals surface area contributed by atoms with Crippen molar-refractivity contribution in [3.63, 3.8) is 0 Å². The van der Waals surface area contributed by atoms with Gasteiger partial charge in [-0.1, -0.05) is 54.6 Å². The second kappa shape index (κ2) is 7.66. The van der Waals surface area contributed by atoms with Crippen molar-refractivity contribution < 1.29 is 19.1 Å². The van der Waals surface area contributed by atoms with E-state index in [1.165, 1.54) is 12.0 Å². The van der Waals surface area contributed by atoms with Crippen molar-refractivity contribution >= 4 is 23.2 Å². The first-order valence-corrected chi connectivity index (χ1v) is 10.3. The smallest absolute Gasteiger partial charge is 0.286 e. The summed E-state index contributed by atoms with van der Waals surface area (Å²) in [5.74, 6) is -0.271. The van der Waals surface area contributed by atoms with Crippen LogP contribution in [0, 0.1) is 0 Å². The van der Waals surface area contributed by atoms with E-state index in [9.17, 15) is 9.59 Å². The summed E-state index contributed by atoms with van der Waals surface area (Å²) in [6.07, 6.45) is 1.66. The maximum atomic E-state index is 14.1. The molecule has 0 N–H and O–H groups in total. The molecule has 6 heteroatoms. The molecule has 2 aliphatic rings. The molecule has 0 aliphatic carbocycles. The number of hydrogen-bond donors (Lipinski definition) is 0. The predicted octanol–water partition coefficient (Wildman–Crippen LogP) is 4.26. The molecule has 32 heavy (non-hydrogen) atoms. The van der Waals surface area contributed by atoms with Gasteiger partial charge in [-0.25, -0.2) is 0 Å². The lowest BCUT2D eigenvalue weighted by Crippen LogP contribution is -2.59. The molecule has 0 saturated heterocycles. The minimum Gasteiger partial charge on any atom is -0.496 e. The Balaban J connectivity index is 1.78. The molecule has 0 radical (unpaired) electrons. The topological polar surface area (TPSA) is 59.1 Å². The normalized spacial score (nSPS) is 19.0. The molecule has 2 amide bonds. The maximum Gasteiger partial charge on any atom is 0.286 e. The van der Waals surface area contributed by atoms with Crippen LogP contribution in [0.3, 0.4) is 0 Å². The third kappa shape index (κ3) is 2.70. The van der Waals surface area contributed by atoms with E-state index in [1.54, 1.807) is 35.2 Å². The van der Waals surface area contributed by atoms with Crippen molar-refractivity contribution in [3.05, 3.63) is 102 Å². The van der Waals surface area contributed by atoms with Crippen LogP contribution in [-0.4, -0.2) is 25.5 Å². The van der Waals surface area contributed by atoms with Crippen LogP contribution in [0.2, 0.25) is 0 Å². The molecule has 1 spiro atoms. The number of ether oxygens (including phenoxy) is 2. The summed E-state index contributed by atoms with van der Waals surface area (Å²) in [6, 6.07) is 21.9. The van der Waals surface area contributed by atoms with E-state index in [-0.39, 0.29) is 18.4 Å². The van der Waals surface area contributed by atoms with E-state index in [2.05, 4.69) is 6.58 Å². The summed E-state index contributed by atoms with van der Waals surface area (Å²) in [4.78, 5) is 31.2. The van der Waals surface area contributed by atoms with E-state index < -0.39 is 5.72 Å². The summed E-state index contributed by atoms with van der Waals surface area (Å²) in [6.45, 7) is 4.30. The number of carbonyl (C=O) groups excluding carboxylic acids is 2. The molecule has 2 aliphatic heterocycles. The number of nitrogens with zero attached hydrogens (tertiary/aromatic N) is 2. The number of para-hydroxylation sites is 3. The molecular weight excluding hydrogens is 404 g/mol.